The van der Waals surface area contributed by atoms with E-state index in [2.05, 4.69) is 50.0 Å². The highest BCUT2D eigenvalue weighted by atomic mass is 35.5. The number of benzene rings is 2. The summed E-state index contributed by atoms with van der Waals surface area (Å²) in [5.74, 6) is 1.40. The second-order valence-electron chi connectivity index (χ2n) is 7.97. The first-order chi connectivity index (χ1) is 15.5. The molecule has 3 heterocycles. The highest BCUT2D eigenvalue weighted by molar-refractivity contribution is 6.33. The van der Waals surface area contributed by atoms with Crippen molar-refractivity contribution >= 4 is 40.6 Å². The Kier molecular flexibility index (Phi) is 5.32. The number of nitrogens with zero attached hydrogens (tertiary/aromatic N) is 3. The lowest BCUT2D eigenvalue weighted by atomic mass is 9.99. The monoisotopic (exact) mass is 450 g/mol. The van der Waals surface area contributed by atoms with Crippen LogP contribution in [0.2, 0.25) is 5.02 Å². The van der Waals surface area contributed by atoms with E-state index in [1.165, 1.54) is 17.3 Å². The van der Waals surface area contributed by atoms with Crippen molar-refractivity contribution in [3.05, 3.63) is 63.8 Å². The molecule has 3 aromatic rings. The van der Waals surface area contributed by atoms with Crippen molar-refractivity contribution in [2.75, 3.05) is 31.3 Å². The third-order valence-electron chi connectivity index (χ3n) is 5.79. The second-order valence-corrected chi connectivity index (χ2v) is 8.38. The molecule has 2 aliphatic heterocycles. The van der Waals surface area contributed by atoms with Gasteiger partial charge in [0.25, 0.3) is 5.91 Å². The fraction of sp³-hybridized carbons (Fsp3) is 0.261. The Morgan fingerprint density at radius 2 is 2.03 bits per heavy atom. The molecule has 0 fully saturated rings. The molecule has 0 spiro atoms. The Balaban J connectivity index is 1.44. The van der Waals surface area contributed by atoms with Gasteiger partial charge in [0.05, 0.1) is 30.2 Å². The van der Waals surface area contributed by atoms with Crippen LogP contribution in [0.4, 0.5) is 23.1 Å². The van der Waals surface area contributed by atoms with Crippen molar-refractivity contribution in [1.82, 2.24) is 20.2 Å². The number of rotatable bonds is 5. The Morgan fingerprint density at radius 1 is 1.16 bits per heavy atom. The van der Waals surface area contributed by atoms with Gasteiger partial charge >= 0.3 is 0 Å². The maximum Gasteiger partial charge on any atom is 0.254 e. The van der Waals surface area contributed by atoms with Gasteiger partial charge in [-0.05, 0) is 48.4 Å². The Bertz CT molecular complexity index is 1220. The largest absolute Gasteiger partial charge is 0.495 e. The van der Waals surface area contributed by atoms with E-state index < -0.39 is 0 Å². The van der Waals surface area contributed by atoms with Gasteiger partial charge in [-0.3, -0.25) is 4.79 Å². The van der Waals surface area contributed by atoms with Crippen LogP contribution in [0.3, 0.4) is 0 Å². The van der Waals surface area contributed by atoms with Gasteiger partial charge in [0.15, 0.2) is 5.82 Å². The lowest BCUT2D eigenvalue weighted by molar-refractivity contribution is 0.0966. The number of likely N-dealkylation sites (N-methyl/N-ethyl adjacent to an activating group) is 1. The number of carbonyl (C=O) groups is 1. The van der Waals surface area contributed by atoms with Crippen molar-refractivity contribution in [1.29, 1.82) is 0 Å². The molecule has 5 rings (SSSR count). The molecule has 0 aliphatic carbocycles. The van der Waals surface area contributed by atoms with Crippen molar-refractivity contribution in [2.45, 2.75) is 19.5 Å². The van der Waals surface area contributed by atoms with Crippen LogP contribution in [-0.2, 0) is 19.5 Å². The molecular weight excluding hydrogens is 428 g/mol. The van der Waals surface area contributed by atoms with E-state index in [0.717, 1.165) is 36.5 Å². The van der Waals surface area contributed by atoms with Crippen LogP contribution in [0, 0.1) is 0 Å². The number of aromatic nitrogens is 2. The van der Waals surface area contributed by atoms with Crippen LogP contribution in [0.25, 0.3) is 0 Å². The summed E-state index contributed by atoms with van der Waals surface area (Å²) in [7, 11) is 3.76. The number of fused-ring (bicyclic) bond motifs is 2. The summed E-state index contributed by atoms with van der Waals surface area (Å²) in [5.41, 5.74) is 5.54. The van der Waals surface area contributed by atoms with Crippen molar-refractivity contribution in [2.24, 2.45) is 0 Å². The van der Waals surface area contributed by atoms with E-state index in [-0.39, 0.29) is 5.91 Å². The fourth-order valence-corrected chi connectivity index (χ4v) is 4.28. The number of carbonyl (C=O) groups excluding carboxylic acids is 1. The smallest absolute Gasteiger partial charge is 0.254 e. The standard InChI is InChI=1S/C23H23ClN6O2/c1-30-7-6-13-8-18(19(32-2)9-15(13)12-30)28-23-26-11-16(24)21(29-23)27-17-5-3-4-14-10-25-22(31)20(14)17/h3-5,8-9,11H,6-7,10,12H2,1-2H3,(H,25,31)(H2,26,27,28,29). The molecule has 164 valence electrons. The van der Waals surface area contributed by atoms with Crippen molar-refractivity contribution in [3.63, 3.8) is 0 Å². The number of amides is 1. The number of anilines is 4. The summed E-state index contributed by atoms with van der Waals surface area (Å²) < 4.78 is 5.61. The molecule has 2 aliphatic rings. The van der Waals surface area contributed by atoms with E-state index in [0.29, 0.717) is 34.6 Å². The average Bonchev–Trinajstić information content (AvgIpc) is 3.17. The highest BCUT2D eigenvalue weighted by Crippen LogP contribution is 2.34. The predicted octanol–water partition coefficient (Wildman–Crippen LogP) is 3.86. The molecule has 8 nitrogen and oxygen atoms in total. The minimum atomic E-state index is -0.115. The zero-order valence-electron chi connectivity index (χ0n) is 17.8. The average molecular weight is 451 g/mol. The zero-order chi connectivity index (χ0) is 22.2. The van der Waals surface area contributed by atoms with Gasteiger partial charge in [0.1, 0.15) is 10.8 Å². The molecule has 2 aromatic carbocycles. The van der Waals surface area contributed by atoms with E-state index >= 15 is 0 Å². The van der Waals surface area contributed by atoms with Gasteiger partial charge in [-0.2, -0.15) is 4.98 Å². The maximum absolute atomic E-state index is 12.2. The highest BCUT2D eigenvalue weighted by Gasteiger charge is 2.23. The van der Waals surface area contributed by atoms with E-state index in [1.807, 2.05) is 18.2 Å². The molecule has 0 radical (unpaired) electrons. The topological polar surface area (TPSA) is 91.4 Å². The lowest BCUT2D eigenvalue weighted by Crippen LogP contribution is -2.26. The SMILES string of the molecule is COc1cc2c(cc1Nc1ncc(Cl)c(Nc3cccc4c3C(=O)NC4)n1)CCN(C)C2. The number of hydrogen-bond donors (Lipinski definition) is 3. The number of methoxy groups -OCH3 is 1. The minimum Gasteiger partial charge on any atom is -0.495 e. The third kappa shape index (κ3) is 3.83. The third-order valence-corrected chi connectivity index (χ3v) is 6.06. The zero-order valence-corrected chi connectivity index (χ0v) is 18.6. The van der Waals surface area contributed by atoms with Gasteiger partial charge < -0.3 is 25.6 Å². The fourth-order valence-electron chi connectivity index (χ4n) is 4.14. The normalized spacial score (nSPS) is 15.0. The molecule has 9 heteroatoms. The second kappa shape index (κ2) is 8.29. The van der Waals surface area contributed by atoms with Gasteiger partial charge in [0, 0.05) is 19.6 Å². The van der Waals surface area contributed by atoms with Gasteiger partial charge in [-0.15, -0.1) is 0 Å². The minimum absolute atomic E-state index is 0.115. The Hall–Kier alpha value is -3.36. The molecule has 0 saturated carbocycles. The summed E-state index contributed by atoms with van der Waals surface area (Å²) in [4.78, 5) is 23.4. The van der Waals surface area contributed by atoms with Gasteiger partial charge in [-0.1, -0.05) is 23.7 Å². The summed E-state index contributed by atoms with van der Waals surface area (Å²) >= 11 is 6.36. The molecule has 1 aromatic heterocycles. The maximum atomic E-state index is 12.2. The Morgan fingerprint density at radius 3 is 2.88 bits per heavy atom. The van der Waals surface area contributed by atoms with Crippen LogP contribution in [0.15, 0.2) is 36.5 Å². The van der Waals surface area contributed by atoms with Crippen LogP contribution >= 0.6 is 11.6 Å². The van der Waals surface area contributed by atoms with Gasteiger partial charge in [-0.25, -0.2) is 4.98 Å². The van der Waals surface area contributed by atoms with Crippen LogP contribution in [-0.4, -0.2) is 41.5 Å². The van der Waals surface area contributed by atoms with E-state index in [1.54, 1.807) is 7.11 Å². The first-order valence-corrected chi connectivity index (χ1v) is 10.7. The molecule has 32 heavy (non-hydrogen) atoms. The van der Waals surface area contributed by atoms with Gasteiger partial charge in [0.2, 0.25) is 5.95 Å². The Labute approximate surface area is 191 Å². The van der Waals surface area contributed by atoms with Crippen molar-refractivity contribution in [3.8, 4) is 5.75 Å². The first kappa shape index (κ1) is 20.5. The molecular formula is C23H23ClN6O2. The first-order valence-electron chi connectivity index (χ1n) is 10.4. The van der Waals surface area contributed by atoms with E-state index in [4.69, 9.17) is 16.3 Å². The lowest BCUT2D eigenvalue weighted by Gasteiger charge is -2.26. The molecule has 0 saturated heterocycles. The summed E-state index contributed by atoms with van der Waals surface area (Å²) in [6, 6.07) is 9.81. The molecule has 0 atom stereocenters. The predicted molar refractivity (Wildman–Crippen MR) is 124 cm³/mol. The van der Waals surface area contributed by atoms with Crippen molar-refractivity contribution < 1.29 is 9.53 Å². The van der Waals surface area contributed by atoms with Crippen LogP contribution in [0.5, 0.6) is 5.75 Å². The van der Waals surface area contributed by atoms with Crippen LogP contribution in [0.1, 0.15) is 27.0 Å². The number of hydrogen-bond acceptors (Lipinski definition) is 7. The molecule has 0 bridgehead atoms. The number of nitrogens with one attached hydrogen (secondary N) is 3. The summed E-state index contributed by atoms with van der Waals surface area (Å²) in [5, 5.41) is 9.64. The van der Waals surface area contributed by atoms with E-state index in [9.17, 15) is 4.79 Å². The molecule has 0 unspecified atom stereocenters. The quantitative estimate of drug-likeness (QED) is 0.543. The molecule has 1 amide bonds. The number of ether oxygens (including phenoxy) is 1. The number of halogens is 1. The molecule has 3 N–H and O–H groups in total. The van der Waals surface area contributed by atoms with Crippen LogP contribution < -0.4 is 20.7 Å². The summed E-state index contributed by atoms with van der Waals surface area (Å²) in [6.07, 6.45) is 2.50. The summed E-state index contributed by atoms with van der Waals surface area (Å²) in [6.45, 7) is 2.42.